The van der Waals surface area contributed by atoms with E-state index in [1.165, 1.54) is 32.1 Å². The van der Waals surface area contributed by atoms with Gasteiger partial charge in [-0.2, -0.15) is 0 Å². The number of hydrogen-bond acceptors (Lipinski definition) is 3. The molecule has 1 unspecified atom stereocenters. The molecule has 1 saturated heterocycles. The average molecular weight is 227 g/mol. The van der Waals surface area contributed by atoms with E-state index in [1.54, 1.807) is 0 Å². The first kappa shape index (κ1) is 11.9. The summed E-state index contributed by atoms with van der Waals surface area (Å²) in [5, 5.41) is 8.68. The van der Waals surface area contributed by atoms with Crippen LogP contribution in [0.1, 0.15) is 38.5 Å². The van der Waals surface area contributed by atoms with Crippen LogP contribution in [0.25, 0.3) is 0 Å². The van der Waals surface area contributed by atoms with Crippen molar-refractivity contribution in [1.82, 2.24) is 4.90 Å². The van der Waals surface area contributed by atoms with Gasteiger partial charge in [-0.3, -0.25) is 9.69 Å². The number of nitrogens with zero attached hydrogens (tertiary/aromatic N) is 1. The van der Waals surface area contributed by atoms with Crippen molar-refractivity contribution in [2.75, 3.05) is 20.1 Å². The summed E-state index contributed by atoms with van der Waals surface area (Å²) in [6, 6.07) is 0. The summed E-state index contributed by atoms with van der Waals surface area (Å²) in [5.74, 6) is -0.768. The number of rotatable bonds is 4. The Kier molecular flexibility index (Phi) is 3.50. The molecular weight excluding hydrogens is 206 g/mol. The fourth-order valence-electron chi connectivity index (χ4n) is 3.05. The van der Waals surface area contributed by atoms with Crippen LogP contribution in [0.15, 0.2) is 0 Å². The Hall–Kier alpha value is -0.610. The molecule has 1 aliphatic carbocycles. The molecule has 1 spiro atoms. The van der Waals surface area contributed by atoms with Gasteiger partial charge in [0.2, 0.25) is 0 Å². The van der Waals surface area contributed by atoms with Gasteiger partial charge in [-0.25, -0.2) is 0 Å². The number of carboxylic acids is 1. The zero-order valence-electron chi connectivity index (χ0n) is 9.95. The molecule has 1 saturated carbocycles. The Morgan fingerprint density at radius 2 is 2.12 bits per heavy atom. The Morgan fingerprint density at radius 1 is 1.44 bits per heavy atom. The van der Waals surface area contributed by atoms with Gasteiger partial charge in [0.1, 0.15) is 0 Å². The van der Waals surface area contributed by atoms with Gasteiger partial charge in [0, 0.05) is 6.54 Å². The molecule has 4 nitrogen and oxygen atoms in total. The van der Waals surface area contributed by atoms with Crippen LogP contribution in [0.3, 0.4) is 0 Å². The van der Waals surface area contributed by atoms with Crippen LogP contribution in [0.2, 0.25) is 0 Å². The molecule has 2 fully saturated rings. The van der Waals surface area contributed by atoms with Crippen LogP contribution in [0.4, 0.5) is 0 Å². The van der Waals surface area contributed by atoms with E-state index in [4.69, 9.17) is 9.84 Å². The minimum absolute atomic E-state index is 0.104. The van der Waals surface area contributed by atoms with Crippen LogP contribution in [0, 0.1) is 0 Å². The monoisotopic (exact) mass is 227 g/mol. The highest BCUT2D eigenvalue weighted by atomic mass is 16.5. The second-order valence-corrected chi connectivity index (χ2v) is 5.26. The summed E-state index contributed by atoms with van der Waals surface area (Å²) in [5.41, 5.74) is 0.161. The molecule has 2 rings (SSSR count). The van der Waals surface area contributed by atoms with Crippen molar-refractivity contribution >= 4 is 5.97 Å². The summed E-state index contributed by atoms with van der Waals surface area (Å²) in [6.45, 7) is 0.848. The summed E-state index contributed by atoms with van der Waals surface area (Å²) < 4.78 is 6.13. The van der Waals surface area contributed by atoms with Crippen molar-refractivity contribution in [3.63, 3.8) is 0 Å². The highest BCUT2D eigenvalue weighted by molar-refractivity contribution is 5.68. The highest BCUT2D eigenvalue weighted by Crippen LogP contribution is 2.43. The predicted molar refractivity (Wildman–Crippen MR) is 60.4 cm³/mol. The molecule has 4 heteroatoms. The summed E-state index contributed by atoms with van der Waals surface area (Å²) in [7, 11) is 1.84. The second kappa shape index (κ2) is 4.72. The van der Waals surface area contributed by atoms with Crippen molar-refractivity contribution in [3.8, 4) is 0 Å². The van der Waals surface area contributed by atoms with E-state index in [0.29, 0.717) is 0 Å². The molecule has 0 aromatic heterocycles. The maximum Gasteiger partial charge on any atom is 0.317 e. The van der Waals surface area contributed by atoms with E-state index in [0.717, 1.165) is 13.0 Å². The fraction of sp³-hybridized carbons (Fsp3) is 0.917. The Bertz CT molecular complexity index is 261. The minimum atomic E-state index is -0.768. The first-order valence-corrected chi connectivity index (χ1v) is 6.18. The van der Waals surface area contributed by atoms with Crippen molar-refractivity contribution < 1.29 is 14.6 Å². The fourth-order valence-corrected chi connectivity index (χ4v) is 3.05. The van der Waals surface area contributed by atoms with Gasteiger partial charge >= 0.3 is 5.97 Å². The Morgan fingerprint density at radius 3 is 2.75 bits per heavy atom. The van der Waals surface area contributed by atoms with E-state index < -0.39 is 5.97 Å². The first-order valence-electron chi connectivity index (χ1n) is 6.18. The van der Waals surface area contributed by atoms with Crippen molar-refractivity contribution in [3.05, 3.63) is 0 Å². The molecule has 92 valence electrons. The van der Waals surface area contributed by atoms with E-state index in [-0.39, 0.29) is 18.2 Å². The first-order chi connectivity index (χ1) is 7.60. The molecule has 0 amide bonds. The molecular formula is C12H21NO3. The third-order valence-electron chi connectivity index (χ3n) is 3.77. The third-order valence-corrected chi connectivity index (χ3v) is 3.77. The summed E-state index contributed by atoms with van der Waals surface area (Å²) in [6.07, 6.45) is 7.47. The molecule has 16 heavy (non-hydrogen) atoms. The van der Waals surface area contributed by atoms with Gasteiger partial charge in [0.15, 0.2) is 0 Å². The van der Waals surface area contributed by atoms with Crippen LogP contribution in [-0.4, -0.2) is 47.8 Å². The number of carboxylic acid groups (broad SMARTS) is 1. The van der Waals surface area contributed by atoms with Crippen LogP contribution in [-0.2, 0) is 9.53 Å². The summed E-state index contributed by atoms with van der Waals surface area (Å²) in [4.78, 5) is 12.4. The number of likely N-dealkylation sites (N-methyl/N-ethyl adjacent to an activating group) is 1. The highest BCUT2D eigenvalue weighted by Gasteiger charge is 2.42. The van der Waals surface area contributed by atoms with E-state index in [2.05, 4.69) is 0 Å². The zero-order valence-corrected chi connectivity index (χ0v) is 9.95. The average Bonchev–Trinajstić information content (AvgIpc) is 2.76. The maximum absolute atomic E-state index is 10.6. The largest absolute Gasteiger partial charge is 0.480 e. The van der Waals surface area contributed by atoms with Crippen molar-refractivity contribution in [2.24, 2.45) is 0 Å². The molecule has 1 aliphatic heterocycles. The van der Waals surface area contributed by atoms with Crippen molar-refractivity contribution in [1.29, 1.82) is 0 Å². The predicted octanol–water partition coefficient (Wildman–Crippen LogP) is 1.49. The van der Waals surface area contributed by atoms with Crippen LogP contribution < -0.4 is 0 Å². The number of hydrogen-bond donors (Lipinski definition) is 1. The van der Waals surface area contributed by atoms with Gasteiger partial charge in [-0.05, 0) is 32.7 Å². The lowest BCUT2D eigenvalue weighted by molar-refractivity contribution is -0.138. The van der Waals surface area contributed by atoms with Gasteiger partial charge in [-0.15, -0.1) is 0 Å². The smallest absolute Gasteiger partial charge is 0.317 e. The van der Waals surface area contributed by atoms with Crippen molar-refractivity contribution in [2.45, 2.75) is 50.2 Å². The normalized spacial score (nSPS) is 28.0. The third kappa shape index (κ3) is 2.74. The van der Waals surface area contributed by atoms with E-state index in [9.17, 15) is 4.79 Å². The van der Waals surface area contributed by atoms with Crippen LogP contribution in [0.5, 0.6) is 0 Å². The van der Waals surface area contributed by atoms with Gasteiger partial charge in [0.25, 0.3) is 0 Å². The molecule has 1 atom stereocenters. The molecule has 2 aliphatic rings. The minimum Gasteiger partial charge on any atom is -0.480 e. The Labute approximate surface area is 96.6 Å². The van der Waals surface area contributed by atoms with E-state index in [1.807, 2.05) is 11.9 Å². The maximum atomic E-state index is 10.6. The number of carbonyl (C=O) groups is 1. The molecule has 0 radical (unpaired) electrons. The van der Waals surface area contributed by atoms with Gasteiger partial charge in [0.05, 0.1) is 18.2 Å². The topological polar surface area (TPSA) is 49.8 Å². The number of ether oxygens (including phenoxy) is 1. The molecule has 1 heterocycles. The molecule has 0 aromatic carbocycles. The van der Waals surface area contributed by atoms with Crippen LogP contribution >= 0.6 is 0 Å². The zero-order chi connectivity index (χ0) is 11.6. The second-order valence-electron chi connectivity index (χ2n) is 5.26. The molecule has 0 aromatic rings. The standard InChI is InChI=1S/C12H21NO3/c1-13(9-11(14)15)8-10-4-7-12(16-10)5-2-3-6-12/h10H,2-9H2,1H3,(H,14,15). The molecule has 1 N–H and O–H groups in total. The van der Waals surface area contributed by atoms with Gasteiger partial charge < -0.3 is 9.84 Å². The lowest BCUT2D eigenvalue weighted by atomic mass is 9.98. The SMILES string of the molecule is CN(CC(=O)O)CC1CCC2(CCCC2)O1. The quantitative estimate of drug-likeness (QED) is 0.790. The lowest BCUT2D eigenvalue weighted by Crippen LogP contribution is -2.35. The summed E-state index contributed by atoms with van der Waals surface area (Å²) >= 11 is 0. The van der Waals surface area contributed by atoms with Gasteiger partial charge in [-0.1, -0.05) is 12.8 Å². The lowest BCUT2D eigenvalue weighted by Gasteiger charge is -2.25. The Balaban J connectivity index is 1.78. The molecule has 0 bridgehead atoms. The van der Waals surface area contributed by atoms with E-state index >= 15 is 0 Å². The number of aliphatic carboxylic acids is 1.